The van der Waals surface area contributed by atoms with Gasteiger partial charge in [0.15, 0.2) is 0 Å². The number of H-pyrrole nitrogens is 1. The summed E-state index contributed by atoms with van der Waals surface area (Å²) in [5.41, 5.74) is 3.35. The van der Waals surface area contributed by atoms with Crippen molar-refractivity contribution < 1.29 is 9.72 Å². The molecule has 4 nitrogen and oxygen atoms in total. The zero-order valence-corrected chi connectivity index (χ0v) is 15.7. The van der Waals surface area contributed by atoms with Crippen LogP contribution in [0.5, 0.6) is 0 Å². The zero-order chi connectivity index (χ0) is 18.1. The second-order valence-electron chi connectivity index (χ2n) is 6.61. The number of hydrogen-bond donors (Lipinski definition) is 0. The first-order valence-electron chi connectivity index (χ1n) is 9.18. The quantitative estimate of drug-likeness (QED) is 0.538. The monoisotopic (exact) mass is 374 g/mol. The van der Waals surface area contributed by atoms with Crippen LogP contribution in [-0.2, 0) is 4.74 Å². The molecule has 0 saturated carbocycles. The molecular weight excluding hydrogens is 354 g/mol. The van der Waals surface area contributed by atoms with Gasteiger partial charge < -0.3 is 9.64 Å². The molecule has 1 aliphatic heterocycles. The third-order valence-corrected chi connectivity index (χ3v) is 5.86. The van der Waals surface area contributed by atoms with E-state index in [4.69, 9.17) is 9.72 Å². The van der Waals surface area contributed by atoms with Crippen LogP contribution in [0.4, 0.5) is 5.82 Å². The Kier molecular flexibility index (Phi) is 4.32. The third-order valence-electron chi connectivity index (χ3n) is 4.82. The minimum Gasteiger partial charge on any atom is -0.378 e. The largest absolute Gasteiger partial charge is 0.378 e. The van der Waals surface area contributed by atoms with Gasteiger partial charge in [0.25, 0.3) is 5.01 Å². The molecule has 0 atom stereocenters. The van der Waals surface area contributed by atoms with Crippen LogP contribution in [0.3, 0.4) is 0 Å². The Hall–Kier alpha value is -2.76. The molecule has 1 N–H and O–H groups in total. The van der Waals surface area contributed by atoms with Crippen LogP contribution in [0.1, 0.15) is 10.6 Å². The van der Waals surface area contributed by atoms with Gasteiger partial charge in [-0.1, -0.05) is 41.7 Å². The van der Waals surface area contributed by atoms with Gasteiger partial charge in [-0.2, -0.15) is 4.98 Å². The van der Waals surface area contributed by atoms with E-state index >= 15 is 0 Å². The highest BCUT2D eigenvalue weighted by Crippen LogP contribution is 2.27. The smallest absolute Gasteiger partial charge is 0.261 e. The van der Waals surface area contributed by atoms with Crippen molar-refractivity contribution in [2.24, 2.45) is 0 Å². The Morgan fingerprint density at radius 1 is 1.00 bits per heavy atom. The molecule has 0 bridgehead atoms. The van der Waals surface area contributed by atoms with Crippen molar-refractivity contribution in [2.45, 2.75) is 0 Å². The first-order valence-corrected chi connectivity index (χ1v) is 10.00. The Bertz CT molecular complexity index is 1100. The second kappa shape index (κ2) is 7.10. The Morgan fingerprint density at radius 2 is 1.81 bits per heavy atom. The van der Waals surface area contributed by atoms with Crippen LogP contribution < -0.4 is 9.88 Å². The molecule has 3 heterocycles. The van der Waals surface area contributed by atoms with Gasteiger partial charge in [0, 0.05) is 36.2 Å². The topological polar surface area (TPSA) is 39.5 Å². The molecular formula is C22H20N3OS+. The summed E-state index contributed by atoms with van der Waals surface area (Å²) in [5.74, 6) is 1.04. The standard InChI is InChI=1S/C22H19N3OS/c1-2-6-18-16(5-1)15-17(22(24-18)25-11-13-26-14-12-25)9-10-21-23-19-7-3-4-8-20(19)27-21/h1-10,15H,11-14H2/p+1/b10-9+. The highest BCUT2D eigenvalue weighted by molar-refractivity contribution is 7.18. The summed E-state index contributed by atoms with van der Waals surface area (Å²) in [6, 6.07) is 18.9. The molecule has 0 unspecified atom stereocenters. The van der Waals surface area contributed by atoms with E-state index in [-0.39, 0.29) is 0 Å². The van der Waals surface area contributed by atoms with E-state index in [0.717, 1.165) is 53.6 Å². The van der Waals surface area contributed by atoms with Crippen molar-refractivity contribution in [3.8, 4) is 0 Å². The lowest BCUT2D eigenvalue weighted by molar-refractivity contribution is -0.340. The molecule has 2 aromatic carbocycles. The van der Waals surface area contributed by atoms with E-state index < -0.39 is 0 Å². The molecule has 134 valence electrons. The normalized spacial score (nSPS) is 15.2. The number of aromatic nitrogens is 2. The average Bonchev–Trinajstić information content (AvgIpc) is 3.15. The molecule has 1 aliphatic rings. The number of thiazole rings is 1. The van der Waals surface area contributed by atoms with Crippen molar-refractivity contribution in [3.05, 3.63) is 65.2 Å². The summed E-state index contributed by atoms with van der Waals surface area (Å²) in [5, 5.41) is 2.30. The molecule has 2 aromatic heterocycles. The summed E-state index contributed by atoms with van der Waals surface area (Å²) in [6.07, 6.45) is 4.33. The minimum atomic E-state index is 0.752. The van der Waals surface area contributed by atoms with E-state index in [1.54, 1.807) is 11.3 Å². The first kappa shape index (κ1) is 16.4. The summed E-state index contributed by atoms with van der Waals surface area (Å²) in [6.45, 7) is 3.26. The number of para-hydroxylation sites is 2. The van der Waals surface area contributed by atoms with Crippen LogP contribution in [-0.4, -0.2) is 31.3 Å². The van der Waals surface area contributed by atoms with Gasteiger partial charge in [-0.05, 0) is 24.3 Å². The van der Waals surface area contributed by atoms with Crippen LogP contribution in [0.15, 0.2) is 54.6 Å². The van der Waals surface area contributed by atoms with Gasteiger partial charge in [0.2, 0.25) is 5.52 Å². The number of morpholine rings is 1. The number of pyridine rings is 1. The van der Waals surface area contributed by atoms with Crippen LogP contribution in [0, 0.1) is 0 Å². The average molecular weight is 374 g/mol. The predicted octanol–water partition coefficient (Wildman–Crippen LogP) is 4.27. The fourth-order valence-electron chi connectivity index (χ4n) is 3.45. The number of fused-ring (bicyclic) bond motifs is 2. The second-order valence-corrected chi connectivity index (χ2v) is 7.70. The van der Waals surface area contributed by atoms with Crippen molar-refractivity contribution in [3.63, 3.8) is 0 Å². The van der Waals surface area contributed by atoms with E-state index in [9.17, 15) is 0 Å². The Balaban J connectivity index is 1.57. The number of benzene rings is 2. The fourth-order valence-corrected chi connectivity index (χ4v) is 4.36. The Morgan fingerprint density at radius 3 is 2.70 bits per heavy atom. The van der Waals surface area contributed by atoms with Crippen LogP contribution in [0.2, 0.25) is 0 Å². The van der Waals surface area contributed by atoms with E-state index in [1.807, 2.05) is 6.07 Å². The van der Waals surface area contributed by atoms with Crippen molar-refractivity contribution in [2.75, 3.05) is 31.2 Å². The first-order chi connectivity index (χ1) is 13.4. The third kappa shape index (κ3) is 3.31. The number of aromatic amines is 1. The van der Waals surface area contributed by atoms with E-state index in [0.29, 0.717) is 0 Å². The van der Waals surface area contributed by atoms with Crippen molar-refractivity contribution >= 4 is 50.4 Å². The molecule has 0 radical (unpaired) electrons. The highest BCUT2D eigenvalue weighted by Gasteiger charge is 2.16. The van der Waals surface area contributed by atoms with Gasteiger partial charge in [-0.3, -0.25) is 0 Å². The zero-order valence-electron chi connectivity index (χ0n) is 14.9. The molecule has 5 rings (SSSR count). The number of nitrogens with zero attached hydrogens (tertiary/aromatic N) is 2. The van der Waals surface area contributed by atoms with Crippen molar-refractivity contribution in [1.82, 2.24) is 4.98 Å². The number of nitrogens with one attached hydrogen (secondary N) is 1. The molecule has 0 spiro atoms. The molecule has 0 amide bonds. The number of ether oxygens (including phenoxy) is 1. The Labute approximate surface area is 161 Å². The van der Waals surface area contributed by atoms with Crippen LogP contribution in [0.25, 0.3) is 33.3 Å². The number of hydrogen-bond acceptors (Lipinski definition) is 4. The fraction of sp³-hybridized carbons (Fsp3) is 0.182. The number of anilines is 1. The molecule has 5 heteroatoms. The maximum Gasteiger partial charge on any atom is 0.261 e. The summed E-state index contributed by atoms with van der Waals surface area (Å²) in [4.78, 5) is 10.8. The molecule has 1 saturated heterocycles. The lowest BCUT2D eigenvalue weighted by Gasteiger charge is -2.29. The maximum atomic E-state index is 5.52. The predicted molar refractivity (Wildman–Crippen MR) is 112 cm³/mol. The molecule has 27 heavy (non-hydrogen) atoms. The number of rotatable bonds is 3. The highest BCUT2D eigenvalue weighted by atomic mass is 32.1. The van der Waals surface area contributed by atoms with Crippen molar-refractivity contribution in [1.29, 1.82) is 0 Å². The molecule has 0 aliphatic carbocycles. The summed E-state index contributed by atoms with van der Waals surface area (Å²) in [7, 11) is 0. The van der Waals surface area contributed by atoms with Gasteiger partial charge in [0.1, 0.15) is 10.5 Å². The minimum absolute atomic E-state index is 0.752. The summed E-state index contributed by atoms with van der Waals surface area (Å²) >= 11 is 1.77. The lowest BCUT2D eigenvalue weighted by atomic mass is 10.1. The van der Waals surface area contributed by atoms with E-state index in [2.05, 4.69) is 70.6 Å². The van der Waals surface area contributed by atoms with Gasteiger partial charge in [-0.15, -0.1) is 0 Å². The molecule has 1 fully saturated rings. The van der Waals surface area contributed by atoms with Gasteiger partial charge >= 0.3 is 0 Å². The maximum absolute atomic E-state index is 5.52. The van der Waals surface area contributed by atoms with E-state index in [1.165, 1.54) is 10.2 Å². The molecule has 4 aromatic rings. The summed E-state index contributed by atoms with van der Waals surface area (Å²) < 4.78 is 6.79. The van der Waals surface area contributed by atoms with Gasteiger partial charge in [0.05, 0.1) is 18.7 Å². The van der Waals surface area contributed by atoms with Gasteiger partial charge in [-0.25, -0.2) is 4.98 Å². The lowest BCUT2D eigenvalue weighted by Crippen LogP contribution is -2.37. The van der Waals surface area contributed by atoms with Crippen LogP contribution >= 0.6 is 11.3 Å². The SMILES string of the molecule is C(=C\c1cc2ccccc2nc1N1CCOCC1)/c1[nH+]c2ccccc2s1.